The Balaban J connectivity index is 1.79. The van der Waals surface area contributed by atoms with E-state index in [1.165, 1.54) is 22.0 Å². The number of rotatable bonds is 5. The molecule has 0 aliphatic rings. The van der Waals surface area contributed by atoms with E-state index in [-0.39, 0.29) is 0 Å². The molecule has 3 heteroatoms. The van der Waals surface area contributed by atoms with E-state index in [0.29, 0.717) is 6.61 Å². The maximum Gasteiger partial charge on any atom is 0.120 e. The predicted molar refractivity (Wildman–Crippen MR) is 86.3 cm³/mol. The number of aromatic amines is 1. The zero-order chi connectivity index (χ0) is 13.8. The third kappa shape index (κ3) is 2.83. The lowest BCUT2D eigenvalue weighted by atomic mass is 10.2. The van der Waals surface area contributed by atoms with Gasteiger partial charge in [0.25, 0.3) is 0 Å². The van der Waals surface area contributed by atoms with Crippen LogP contribution in [0.3, 0.4) is 0 Å². The summed E-state index contributed by atoms with van der Waals surface area (Å²) >= 11 is 1.83. The fraction of sp³-hybridized carbons (Fsp3) is 0.176. The Hall–Kier alpha value is -1.87. The maximum absolute atomic E-state index is 5.88. The summed E-state index contributed by atoms with van der Waals surface area (Å²) in [6.45, 7) is 0.606. The standard InChI is InChI=1S/C17H17NOS/c1-20-12-14-10-18-17-8-7-15(9-16(14)17)19-11-13-5-3-2-4-6-13/h2-10,18H,11-12H2,1H3. The van der Waals surface area contributed by atoms with E-state index in [2.05, 4.69) is 41.7 Å². The molecule has 0 aliphatic carbocycles. The van der Waals surface area contributed by atoms with Crippen LogP contribution in [0.2, 0.25) is 0 Å². The number of hydrogen-bond acceptors (Lipinski definition) is 2. The normalized spacial score (nSPS) is 10.8. The molecule has 0 fully saturated rings. The van der Waals surface area contributed by atoms with Crippen LogP contribution in [-0.2, 0) is 12.4 Å². The van der Waals surface area contributed by atoms with Crippen LogP contribution in [0.5, 0.6) is 5.75 Å². The number of nitrogens with one attached hydrogen (secondary N) is 1. The molecule has 20 heavy (non-hydrogen) atoms. The molecule has 3 aromatic rings. The second kappa shape index (κ2) is 6.06. The van der Waals surface area contributed by atoms with Gasteiger partial charge in [0.15, 0.2) is 0 Å². The van der Waals surface area contributed by atoms with Crippen LogP contribution in [0.15, 0.2) is 54.7 Å². The average Bonchev–Trinajstić information content (AvgIpc) is 2.89. The van der Waals surface area contributed by atoms with Crippen LogP contribution in [0, 0.1) is 0 Å². The van der Waals surface area contributed by atoms with Crippen LogP contribution in [0.25, 0.3) is 10.9 Å². The number of benzene rings is 2. The predicted octanol–water partition coefficient (Wildman–Crippen LogP) is 4.61. The van der Waals surface area contributed by atoms with E-state index in [1.54, 1.807) is 0 Å². The SMILES string of the molecule is CSCc1c[nH]c2ccc(OCc3ccccc3)cc12. The van der Waals surface area contributed by atoms with Crippen LogP contribution in [0.1, 0.15) is 11.1 Å². The third-order valence-electron chi connectivity index (χ3n) is 3.29. The minimum atomic E-state index is 0.606. The van der Waals surface area contributed by atoms with Gasteiger partial charge in [0.1, 0.15) is 12.4 Å². The molecule has 0 saturated heterocycles. The molecule has 1 N–H and O–H groups in total. The largest absolute Gasteiger partial charge is 0.489 e. The van der Waals surface area contributed by atoms with Crippen molar-refractivity contribution in [3.8, 4) is 5.75 Å². The number of H-pyrrole nitrogens is 1. The van der Waals surface area contributed by atoms with Crippen molar-refractivity contribution in [1.82, 2.24) is 4.98 Å². The van der Waals surface area contributed by atoms with E-state index in [1.807, 2.05) is 36.0 Å². The lowest BCUT2D eigenvalue weighted by Gasteiger charge is -2.07. The van der Waals surface area contributed by atoms with Gasteiger partial charge in [-0.1, -0.05) is 30.3 Å². The first-order valence-corrected chi connectivity index (χ1v) is 8.02. The lowest BCUT2D eigenvalue weighted by Crippen LogP contribution is -1.94. The zero-order valence-corrected chi connectivity index (χ0v) is 12.2. The van der Waals surface area contributed by atoms with Gasteiger partial charge in [-0.25, -0.2) is 0 Å². The quantitative estimate of drug-likeness (QED) is 0.739. The summed E-state index contributed by atoms with van der Waals surface area (Å²) in [5.74, 6) is 1.94. The Morgan fingerprint density at radius 2 is 1.95 bits per heavy atom. The van der Waals surface area contributed by atoms with E-state index < -0.39 is 0 Å². The average molecular weight is 283 g/mol. The molecule has 2 aromatic carbocycles. The summed E-state index contributed by atoms with van der Waals surface area (Å²) < 4.78 is 5.88. The number of hydrogen-bond donors (Lipinski definition) is 1. The van der Waals surface area contributed by atoms with Crippen molar-refractivity contribution in [2.45, 2.75) is 12.4 Å². The smallest absolute Gasteiger partial charge is 0.120 e. The van der Waals surface area contributed by atoms with Crippen LogP contribution in [-0.4, -0.2) is 11.2 Å². The summed E-state index contributed by atoms with van der Waals surface area (Å²) in [6, 6.07) is 16.5. The second-order valence-electron chi connectivity index (χ2n) is 4.73. The fourth-order valence-electron chi connectivity index (χ4n) is 2.26. The van der Waals surface area contributed by atoms with E-state index in [9.17, 15) is 0 Å². The summed E-state index contributed by atoms with van der Waals surface area (Å²) in [5, 5.41) is 1.25. The Labute approximate surface area is 123 Å². The molecular formula is C17H17NOS. The molecule has 1 heterocycles. The summed E-state index contributed by atoms with van der Waals surface area (Å²) in [6.07, 6.45) is 4.21. The molecule has 0 unspecified atom stereocenters. The highest BCUT2D eigenvalue weighted by atomic mass is 32.2. The van der Waals surface area contributed by atoms with E-state index in [4.69, 9.17) is 4.74 Å². The van der Waals surface area contributed by atoms with Gasteiger partial charge in [-0.2, -0.15) is 11.8 Å². The van der Waals surface area contributed by atoms with Crippen molar-refractivity contribution in [3.05, 3.63) is 65.9 Å². The van der Waals surface area contributed by atoms with Crippen molar-refractivity contribution >= 4 is 22.7 Å². The minimum Gasteiger partial charge on any atom is -0.489 e. The van der Waals surface area contributed by atoms with Crippen molar-refractivity contribution in [2.75, 3.05) is 6.26 Å². The fourth-order valence-corrected chi connectivity index (χ4v) is 2.81. The highest BCUT2D eigenvalue weighted by molar-refractivity contribution is 7.97. The van der Waals surface area contributed by atoms with Crippen molar-refractivity contribution in [3.63, 3.8) is 0 Å². The third-order valence-corrected chi connectivity index (χ3v) is 3.89. The number of fused-ring (bicyclic) bond motifs is 1. The van der Waals surface area contributed by atoms with Crippen molar-refractivity contribution in [1.29, 1.82) is 0 Å². The number of ether oxygens (including phenoxy) is 1. The molecule has 0 spiro atoms. The Morgan fingerprint density at radius 3 is 2.75 bits per heavy atom. The van der Waals surface area contributed by atoms with E-state index >= 15 is 0 Å². The summed E-state index contributed by atoms with van der Waals surface area (Å²) in [7, 11) is 0. The van der Waals surface area contributed by atoms with Gasteiger partial charge in [0.2, 0.25) is 0 Å². The molecule has 0 aliphatic heterocycles. The Morgan fingerprint density at radius 1 is 1.10 bits per heavy atom. The molecule has 3 rings (SSSR count). The van der Waals surface area contributed by atoms with Crippen molar-refractivity contribution in [2.24, 2.45) is 0 Å². The number of aromatic nitrogens is 1. The van der Waals surface area contributed by atoms with Crippen LogP contribution in [0.4, 0.5) is 0 Å². The summed E-state index contributed by atoms with van der Waals surface area (Å²) in [4.78, 5) is 3.31. The first kappa shape index (κ1) is 13.1. The molecule has 0 atom stereocenters. The Kier molecular flexibility index (Phi) is 3.97. The van der Waals surface area contributed by atoms with Gasteiger partial charge in [-0.3, -0.25) is 0 Å². The minimum absolute atomic E-state index is 0.606. The topological polar surface area (TPSA) is 25.0 Å². The Bertz CT molecular complexity index is 691. The molecule has 102 valence electrons. The van der Waals surface area contributed by atoms with Gasteiger partial charge in [-0.05, 0) is 35.6 Å². The molecular weight excluding hydrogens is 266 g/mol. The highest BCUT2D eigenvalue weighted by Gasteiger charge is 2.05. The van der Waals surface area contributed by atoms with Crippen LogP contribution >= 0.6 is 11.8 Å². The van der Waals surface area contributed by atoms with Crippen molar-refractivity contribution < 1.29 is 4.74 Å². The zero-order valence-electron chi connectivity index (χ0n) is 11.4. The second-order valence-corrected chi connectivity index (χ2v) is 5.59. The van der Waals surface area contributed by atoms with Gasteiger partial charge >= 0.3 is 0 Å². The molecule has 2 nitrogen and oxygen atoms in total. The molecule has 0 amide bonds. The van der Waals surface area contributed by atoms with Gasteiger partial charge < -0.3 is 9.72 Å². The molecule has 0 radical (unpaired) electrons. The molecule has 1 aromatic heterocycles. The lowest BCUT2D eigenvalue weighted by molar-refractivity contribution is 0.306. The monoisotopic (exact) mass is 283 g/mol. The number of thioether (sulfide) groups is 1. The van der Waals surface area contributed by atoms with Crippen LogP contribution < -0.4 is 4.74 Å². The highest BCUT2D eigenvalue weighted by Crippen LogP contribution is 2.26. The van der Waals surface area contributed by atoms with Gasteiger partial charge in [-0.15, -0.1) is 0 Å². The first-order chi connectivity index (χ1) is 9.86. The van der Waals surface area contributed by atoms with Gasteiger partial charge in [0, 0.05) is 22.9 Å². The van der Waals surface area contributed by atoms with Gasteiger partial charge in [0.05, 0.1) is 0 Å². The maximum atomic E-state index is 5.88. The first-order valence-electron chi connectivity index (χ1n) is 6.62. The molecule has 0 bridgehead atoms. The van der Waals surface area contributed by atoms with E-state index in [0.717, 1.165) is 11.5 Å². The summed E-state index contributed by atoms with van der Waals surface area (Å²) in [5.41, 5.74) is 3.68. The molecule has 0 saturated carbocycles.